The van der Waals surface area contributed by atoms with Crippen LogP contribution >= 0.6 is 0 Å². The van der Waals surface area contributed by atoms with E-state index in [0.717, 1.165) is 13.0 Å². The van der Waals surface area contributed by atoms with Crippen LogP contribution in [0.2, 0.25) is 0 Å². The van der Waals surface area contributed by atoms with Crippen LogP contribution in [0.3, 0.4) is 0 Å². The molecule has 9 nitrogen and oxygen atoms in total. The first-order valence-corrected chi connectivity index (χ1v) is 15.7. The molecule has 0 heterocycles. The standard InChI is InChI=1S/C31H62O9/c1-3-5-6-7-8-9-10-11-12-13-15-33-17-19-35-21-23-37-25-27-39-29-31-40-30-28-38-26-24-36-22-20-34-18-16-32-14-4-2/h4H,2-3,5-31H2,1H3. The second kappa shape index (κ2) is 38.4. The highest BCUT2D eigenvalue weighted by Crippen LogP contribution is 2.10. The summed E-state index contributed by atoms with van der Waals surface area (Å²) in [5, 5.41) is 0. The fourth-order valence-electron chi connectivity index (χ4n) is 3.62. The van der Waals surface area contributed by atoms with Crippen LogP contribution in [-0.2, 0) is 42.6 Å². The molecule has 9 heteroatoms. The van der Waals surface area contributed by atoms with E-state index in [-0.39, 0.29) is 0 Å². The van der Waals surface area contributed by atoms with Gasteiger partial charge in [0, 0.05) is 6.61 Å². The minimum Gasteiger partial charge on any atom is -0.379 e. The SMILES string of the molecule is C=CCOCCOCCOCCOCCOCCOCCOCCOCCOCCCCCCCCCCCC. The number of ether oxygens (including phenoxy) is 9. The fourth-order valence-corrected chi connectivity index (χ4v) is 3.62. The van der Waals surface area contributed by atoms with Gasteiger partial charge in [-0.3, -0.25) is 0 Å². The van der Waals surface area contributed by atoms with Crippen LogP contribution in [0.15, 0.2) is 12.7 Å². The quantitative estimate of drug-likeness (QED) is 0.0726. The molecule has 0 spiro atoms. The lowest BCUT2D eigenvalue weighted by atomic mass is 10.1. The Morgan fingerprint density at radius 3 is 0.875 bits per heavy atom. The molecule has 0 aromatic rings. The van der Waals surface area contributed by atoms with Crippen LogP contribution in [0.4, 0.5) is 0 Å². The Labute approximate surface area is 245 Å². The summed E-state index contributed by atoms with van der Waals surface area (Å²) in [6.45, 7) is 16.2. The van der Waals surface area contributed by atoms with Crippen LogP contribution in [-0.4, -0.2) is 119 Å². The van der Waals surface area contributed by atoms with Crippen molar-refractivity contribution in [3.05, 3.63) is 12.7 Å². The van der Waals surface area contributed by atoms with E-state index in [1.54, 1.807) is 6.08 Å². The van der Waals surface area contributed by atoms with E-state index < -0.39 is 0 Å². The Morgan fingerprint density at radius 1 is 0.325 bits per heavy atom. The molecule has 0 saturated carbocycles. The van der Waals surface area contributed by atoms with Gasteiger partial charge in [0.05, 0.1) is 112 Å². The highest BCUT2D eigenvalue weighted by Gasteiger charge is 1.96. The van der Waals surface area contributed by atoms with Gasteiger partial charge in [0.1, 0.15) is 0 Å². The van der Waals surface area contributed by atoms with Gasteiger partial charge in [0.2, 0.25) is 0 Å². The summed E-state index contributed by atoms with van der Waals surface area (Å²) < 4.78 is 49.1. The summed E-state index contributed by atoms with van der Waals surface area (Å²) in [4.78, 5) is 0. The molecular weight excluding hydrogens is 516 g/mol. The molecular formula is C31H62O9. The average molecular weight is 579 g/mol. The monoisotopic (exact) mass is 578 g/mol. The predicted octanol–water partition coefficient (Wildman–Crippen LogP) is 5.24. The molecule has 0 atom stereocenters. The van der Waals surface area contributed by atoms with Gasteiger partial charge in [0.25, 0.3) is 0 Å². The predicted molar refractivity (Wildman–Crippen MR) is 159 cm³/mol. The Kier molecular flexibility index (Phi) is 37.8. The maximum absolute atomic E-state index is 5.64. The van der Waals surface area contributed by atoms with E-state index in [4.69, 9.17) is 42.6 Å². The second-order valence-electron chi connectivity index (χ2n) is 9.44. The smallest absolute Gasteiger partial charge is 0.0704 e. The molecule has 0 N–H and O–H groups in total. The lowest BCUT2D eigenvalue weighted by Crippen LogP contribution is -2.15. The Morgan fingerprint density at radius 2 is 0.575 bits per heavy atom. The third-order valence-corrected chi connectivity index (χ3v) is 5.85. The summed E-state index contributed by atoms with van der Waals surface area (Å²) in [5.74, 6) is 0. The van der Waals surface area contributed by atoms with E-state index in [9.17, 15) is 0 Å². The van der Waals surface area contributed by atoms with Crippen molar-refractivity contribution in [3.8, 4) is 0 Å². The molecule has 0 aliphatic rings. The maximum Gasteiger partial charge on any atom is 0.0704 e. The van der Waals surface area contributed by atoms with Gasteiger partial charge in [-0.15, -0.1) is 6.58 Å². The van der Waals surface area contributed by atoms with E-state index in [1.165, 1.54) is 57.8 Å². The fraction of sp³-hybridized carbons (Fsp3) is 0.935. The van der Waals surface area contributed by atoms with Gasteiger partial charge in [-0.25, -0.2) is 0 Å². The van der Waals surface area contributed by atoms with Gasteiger partial charge < -0.3 is 42.6 Å². The largest absolute Gasteiger partial charge is 0.379 e. The summed E-state index contributed by atoms with van der Waals surface area (Å²) in [5.41, 5.74) is 0. The lowest BCUT2D eigenvalue weighted by molar-refractivity contribution is -0.0246. The number of unbranched alkanes of at least 4 members (excludes halogenated alkanes) is 9. The molecule has 0 unspecified atom stereocenters. The van der Waals surface area contributed by atoms with Crippen LogP contribution in [0.5, 0.6) is 0 Å². The molecule has 0 aromatic heterocycles. The molecule has 0 bridgehead atoms. The normalized spacial score (nSPS) is 11.4. The summed E-state index contributed by atoms with van der Waals surface area (Å²) in [6, 6.07) is 0. The molecule has 0 aliphatic heterocycles. The van der Waals surface area contributed by atoms with Crippen LogP contribution in [0, 0.1) is 0 Å². The zero-order valence-electron chi connectivity index (χ0n) is 25.8. The number of hydrogen-bond acceptors (Lipinski definition) is 9. The van der Waals surface area contributed by atoms with Gasteiger partial charge in [-0.05, 0) is 6.42 Å². The summed E-state index contributed by atoms with van der Waals surface area (Å²) in [7, 11) is 0. The lowest BCUT2D eigenvalue weighted by Gasteiger charge is -2.09. The van der Waals surface area contributed by atoms with Crippen molar-refractivity contribution in [3.63, 3.8) is 0 Å². The molecule has 40 heavy (non-hydrogen) atoms. The first-order chi connectivity index (χ1) is 19.9. The van der Waals surface area contributed by atoms with Crippen molar-refractivity contribution < 1.29 is 42.6 Å². The minimum absolute atomic E-state index is 0.536. The van der Waals surface area contributed by atoms with Crippen molar-refractivity contribution in [2.45, 2.75) is 71.1 Å². The van der Waals surface area contributed by atoms with Crippen molar-refractivity contribution in [1.29, 1.82) is 0 Å². The van der Waals surface area contributed by atoms with Gasteiger partial charge in [-0.1, -0.05) is 70.8 Å². The van der Waals surface area contributed by atoms with Gasteiger partial charge in [-0.2, -0.15) is 0 Å². The van der Waals surface area contributed by atoms with Crippen molar-refractivity contribution in [1.82, 2.24) is 0 Å². The summed E-state index contributed by atoms with van der Waals surface area (Å²) in [6.07, 6.45) is 15.2. The molecule has 0 fully saturated rings. The molecule has 0 saturated heterocycles. The van der Waals surface area contributed by atoms with Crippen molar-refractivity contribution in [2.75, 3.05) is 119 Å². The zero-order chi connectivity index (χ0) is 28.9. The van der Waals surface area contributed by atoms with E-state index in [0.29, 0.717) is 112 Å². The van der Waals surface area contributed by atoms with Crippen molar-refractivity contribution in [2.24, 2.45) is 0 Å². The molecule has 0 aliphatic carbocycles. The highest BCUT2D eigenvalue weighted by molar-refractivity contribution is 4.63. The third-order valence-electron chi connectivity index (χ3n) is 5.85. The average Bonchev–Trinajstić information content (AvgIpc) is 2.97. The molecule has 0 amide bonds. The highest BCUT2D eigenvalue weighted by atomic mass is 16.6. The van der Waals surface area contributed by atoms with Gasteiger partial charge in [0.15, 0.2) is 0 Å². The summed E-state index contributed by atoms with van der Waals surface area (Å²) >= 11 is 0. The second-order valence-corrected chi connectivity index (χ2v) is 9.44. The first kappa shape index (κ1) is 39.4. The van der Waals surface area contributed by atoms with Crippen LogP contribution < -0.4 is 0 Å². The molecule has 240 valence electrons. The van der Waals surface area contributed by atoms with Crippen LogP contribution in [0.1, 0.15) is 71.1 Å². The van der Waals surface area contributed by atoms with E-state index in [2.05, 4.69) is 13.5 Å². The Hall–Kier alpha value is -0.620. The van der Waals surface area contributed by atoms with Crippen molar-refractivity contribution >= 4 is 0 Å². The molecule has 0 aromatic carbocycles. The number of rotatable bonds is 37. The third kappa shape index (κ3) is 37.4. The Bertz CT molecular complexity index is 455. The van der Waals surface area contributed by atoms with Crippen LogP contribution in [0.25, 0.3) is 0 Å². The first-order valence-electron chi connectivity index (χ1n) is 15.7. The maximum atomic E-state index is 5.64. The molecule has 0 radical (unpaired) electrons. The topological polar surface area (TPSA) is 83.1 Å². The minimum atomic E-state index is 0.536. The number of hydrogen-bond donors (Lipinski definition) is 0. The van der Waals surface area contributed by atoms with E-state index >= 15 is 0 Å². The van der Waals surface area contributed by atoms with Gasteiger partial charge >= 0.3 is 0 Å². The zero-order valence-corrected chi connectivity index (χ0v) is 25.8. The van der Waals surface area contributed by atoms with E-state index in [1.807, 2.05) is 0 Å². The molecule has 0 rings (SSSR count). The Balaban J connectivity index is 3.02.